The molecule has 0 amide bonds. The van der Waals surface area contributed by atoms with Crippen LogP contribution in [0.15, 0.2) is 0 Å². The second kappa shape index (κ2) is 9.29. The number of hydrogen-bond acceptors (Lipinski definition) is 4. The van der Waals surface area contributed by atoms with E-state index >= 15 is 0 Å². The summed E-state index contributed by atoms with van der Waals surface area (Å²) in [6.07, 6.45) is 1.03. The molecule has 0 atom stereocenters. The van der Waals surface area contributed by atoms with Gasteiger partial charge in [0.2, 0.25) is 0 Å². The van der Waals surface area contributed by atoms with Crippen molar-refractivity contribution >= 4 is 8.56 Å². The average molecular weight is 234 g/mol. The Labute approximate surface area is 94.8 Å². The summed E-state index contributed by atoms with van der Waals surface area (Å²) in [5.74, 6) is 0. The first-order chi connectivity index (χ1) is 7.18. The Morgan fingerprint density at radius 3 is 2.20 bits per heavy atom. The smallest absolute Gasteiger partial charge is 0.336 e. The van der Waals surface area contributed by atoms with Crippen molar-refractivity contribution in [3.8, 4) is 0 Å². The maximum Gasteiger partial charge on any atom is 0.336 e. The lowest BCUT2D eigenvalue weighted by Gasteiger charge is -2.25. The Bertz CT molecular complexity index is 141. The molecule has 92 valence electrons. The third-order valence-electron chi connectivity index (χ3n) is 2.21. The number of nitrogens with two attached hydrogens (primary N) is 1. The van der Waals surface area contributed by atoms with Crippen LogP contribution in [0, 0.1) is 0 Å². The molecule has 0 rings (SSSR count). The van der Waals surface area contributed by atoms with Crippen molar-refractivity contribution in [2.45, 2.75) is 32.9 Å². The van der Waals surface area contributed by atoms with Crippen molar-refractivity contribution in [2.24, 2.45) is 5.73 Å². The number of nitrogens with one attached hydrogen (secondary N) is 1. The monoisotopic (exact) mass is 234 g/mol. The zero-order valence-electron chi connectivity index (χ0n) is 10.3. The van der Waals surface area contributed by atoms with Gasteiger partial charge in [0.1, 0.15) is 0 Å². The van der Waals surface area contributed by atoms with Crippen LogP contribution in [0.3, 0.4) is 0 Å². The van der Waals surface area contributed by atoms with Gasteiger partial charge >= 0.3 is 8.56 Å². The molecule has 0 aliphatic carbocycles. The predicted molar refractivity (Wildman–Crippen MR) is 66.2 cm³/mol. The molecule has 0 saturated carbocycles. The summed E-state index contributed by atoms with van der Waals surface area (Å²) in [6.45, 7) is 10.3. The SMILES string of the molecule is CCO[Si](C)(CCNCCCN)OCC. The first kappa shape index (κ1) is 15.1. The minimum Gasteiger partial charge on any atom is -0.395 e. The zero-order valence-corrected chi connectivity index (χ0v) is 11.3. The summed E-state index contributed by atoms with van der Waals surface area (Å²) < 4.78 is 11.5. The average Bonchev–Trinajstić information content (AvgIpc) is 2.18. The highest BCUT2D eigenvalue weighted by atomic mass is 28.4. The summed E-state index contributed by atoms with van der Waals surface area (Å²) in [6, 6.07) is 0.999. The molecule has 0 radical (unpaired) electrons. The van der Waals surface area contributed by atoms with Gasteiger partial charge in [0.05, 0.1) is 0 Å². The molecular weight excluding hydrogens is 208 g/mol. The van der Waals surface area contributed by atoms with Crippen LogP contribution in [0.4, 0.5) is 0 Å². The van der Waals surface area contributed by atoms with Crippen LogP contribution in [0.25, 0.3) is 0 Å². The zero-order chi connectivity index (χ0) is 11.6. The lowest BCUT2D eigenvalue weighted by atomic mass is 10.4. The standard InChI is InChI=1S/C10H26N2O2Si/c1-4-13-15(3,14-5-2)10-9-12-8-6-7-11/h12H,4-11H2,1-3H3. The van der Waals surface area contributed by atoms with E-state index in [0.717, 1.165) is 45.3 Å². The molecule has 0 bridgehead atoms. The highest BCUT2D eigenvalue weighted by Gasteiger charge is 2.29. The summed E-state index contributed by atoms with van der Waals surface area (Å²) in [7, 11) is -1.90. The molecule has 0 aliphatic heterocycles. The molecule has 0 aliphatic rings. The summed E-state index contributed by atoms with van der Waals surface area (Å²) in [5, 5.41) is 3.35. The molecule has 0 aromatic rings. The largest absolute Gasteiger partial charge is 0.395 e. The molecule has 0 spiro atoms. The summed E-state index contributed by atoms with van der Waals surface area (Å²) >= 11 is 0. The molecule has 3 N–H and O–H groups in total. The second-order valence-corrected chi connectivity index (χ2v) is 6.99. The molecule has 15 heavy (non-hydrogen) atoms. The molecule has 5 heteroatoms. The van der Waals surface area contributed by atoms with E-state index in [0.29, 0.717) is 0 Å². The van der Waals surface area contributed by atoms with Crippen molar-refractivity contribution in [1.29, 1.82) is 0 Å². The van der Waals surface area contributed by atoms with Crippen LogP contribution < -0.4 is 11.1 Å². The minimum absolute atomic E-state index is 0.742. The molecule has 0 aromatic carbocycles. The van der Waals surface area contributed by atoms with E-state index in [1.165, 1.54) is 0 Å². The van der Waals surface area contributed by atoms with Gasteiger partial charge in [-0.3, -0.25) is 0 Å². The molecule has 4 nitrogen and oxygen atoms in total. The first-order valence-corrected chi connectivity index (χ1v) is 8.39. The molecule has 0 heterocycles. The minimum atomic E-state index is -1.90. The fraction of sp³-hybridized carbons (Fsp3) is 1.00. The predicted octanol–water partition coefficient (Wildman–Crippen LogP) is 1.07. The van der Waals surface area contributed by atoms with Crippen molar-refractivity contribution in [2.75, 3.05) is 32.8 Å². The Morgan fingerprint density at radius 2 is 1.73 bits per heavy atom. The Balaban J connectivity index is 3.65. The van der Waals surface area contributed by atoms with Crippen LogP contribution in [-0.4, -0.2) is 41.4 Å². The molecule has 0 aromatic heterocycles. The van der Waals surface area contributed by atoms with Crippen LogP contribution in [0.2, 0.25) is 12.6 Å². The number of rotatable bonds is 10. The van der Waals surface area contributed by atoms with Gasteiger partial charge in [-0.15, -0.1) is 0 Å². The van der Waals surface area contributed by atoms with Crippen LogP contribution in [0.5, 0.6) is 0 Å². The fourth-order valence-electron chi connectivity index (χ4n) is 1.46. The van der Waals surface area contributed by atoms with Crippen molar-refractivity contribution in [3.05, 3.63) is 0 Å². The van der Waals surface area contributed by atoms with Gasteiger partial charge in [-0.05, 0) is 46.4 Å². The van der Waals surface area contributed by atoms with E-state index in [9.17, 15) is 0 Å². The van der Waals surface area contributed by atoms with Crippen molar-refractivity contribution < 1.29 is 8.85 Å². The fourth-order valence-corrected chi connectivity index (χ4v) is 3.69. The second-order valence-electron chi connectivity index (χ2n) is 3.64. The topological polar surface area (TPSA) is 56.5 Å². The van der Waals surface area contributed by atoms with Gasteiger partial charge < -0.3 is 19.9 Å². The first-order valence-electron chi connectivity index (χ1n) is 5.87. The lowest BCUT2D eigenvalue weighted by Crippen LogP contribution is -2.41. The summed E-state index contributed by atoms with van der Waals surface area (Å²) in [4.78, 5) is 0. The van der Waals surface area contributed by atoms with Crippen LogP contribution in [0.1, 0.15) is 20.3 Å². The van der Waals surface area contributed by atoms with E-state index in [2.05, 4.69) is 11.9 Å². The highest BCUT2D eigenvalue weighted by molar-refractivity contribution is 6.66. The maximum atomic E-state index is 5.73. The van der Waals surface area contributed by atoms with E-state index in [-0.39, 0.29) is 0 Å². The third-order valence-corrected chi connectivity index (χ3v) is 5.17. The quantitative estimate of drug-likeness (QED) is 0.438. The van der Waals surface area contributed by atoms with Gasteiger partial charge in [-0.2, -0.15) is 0 Å². The highest BCUT2D eigenvalue weighted by Crippen LogP contribution is 2.12. The van der Waals surface area contributed by atoms with Crippen molar-refractivity contribution in [1.82, 2.24) is 5.32 Å². The lowest BCUT2D eigenvalue weighted by molar-refractivity contribution is 0.189. The van der Waals surface area contributed by atoms with Gasteiger partial charge in [-0.25, -0.2) is 0 Å². The van der Waals surface area contributed by atoms with Gasteiger partial charge in [0, 0.05) is 19.3 Å². The van der Waals surface area contributed by atoms with E-state index in [1.807, 2.05) is 13.8 Å². The number of hydrogen-bond donors (Lipinski definition) is 2. The maximum absolute atomic E-state index is 5.73. The van der Waals surface area contributed by atoms with Gasteiger partial charge in [0.25, 0.3) is 0 Å². The van der Waals surface area contributed by atoms with Crippen LogP contribution in [-0.2, 0) is 8.85 Å². The summed E-state index contributed by atoms with van der Waals surface area (Å²) in [5.41, 5.74) is 5.41. The van der Waals surface area contributed by atoms with E-state index < -0.39 is 8.56 Å². The third kappa shape index (κ3) is 7.93. The Kier molecular flexibility index (Phi) is 9.33. The molecular formula is C10H26N2O2Si. The van der Waals surface area contributed by atoms with Gasteiger partial charge in [0.15, 0.2) is 0 Å². The van der Waals surface area contributed by atoms with Crippen molar-refractivity contribution in [3.63, 3.8) is 0 Å². The normalized spacial score (nSPS) is 12.0. The molecule has 0 unspecified atom stereocenters. The van der Waals surface area contributed by atoms with Crippen LogP contribution >= 0.6 is 0 Å². The Hall–Kier alpha value is 0.0569. The Morgan fingerprint density at radius 1 is 1.13 bits per heavy atom. The van der Waals surface area contributed by atoms with E-state index in [1.54, 1.807) is 0 Å². The van der Waals surface area contributed by atoms with E-state index in [4.69, 9.17) is 14.6 Å². The van der Waals surface area contributed by atoms with Gasteiger partial charge in [-0.1, -0.05) is 0 Å². The molecule has 0 saturated heterocycles. The molecule has 0 fully saturated rings.